The molecule has 20 heavy (non-hydrogen) atoms. The summed E-state index contributed by atoms with van der Waals surface area (Å²) < 4.78 is 6.51. The predicted octanol–water partition coefficient (Wildman–Crippen LogP) is 5.07. The van der Waals surface area contributed by atoms with Crippen LogP contribution >= 0.6 is 38.9 Å². The Labute approximate surface area is 137 Å². The van der Waals surface area contributed by atoms with E-state index in [1.165, 1.54) is 4.88 Å². The van der Waals surface area contributed by atoms with Gasteiger partial charge in [0, 0.05) is 15.4 Å². The van der Waals surface area contributed by atoms with E-state index in [2.05, 4.69) is 34.2 Å². The number of benzene rings is 1. The summed E-state index contributed by atoms with van der Waals surface area (Å²) in [7, 11) is 1.70. The van der Waals surface area contributed by atoms with Gasteiger partial charge in [-0.2, -0.15) is 0 Å². The summed E-state index contributed by atoms with van der Waals surface area (Å²) in [5, 5.41) is 6.36. The van der Waals surface area contributed by atoms with Crippen molar-refractivity contribution in [3.63, 3.8) is 0 Å². The Morgan fingerprint density at radius 2 is 2.20 bits per heavy atom. The molecule has 0 spiro atoms. The third-order valence-corrected chi connectivity index (χ3v) is 5.04. The van der Waals surface area contributed by atoms with Crippen molar-refractivity contribution in [1.82, 2.24) is 5.32 Å². The fourth-order valence-electron chi connectivity index (χ4n) is 2.18. The molecular weight excluding hydrogens is 358 g/mol. The molecule has 2 rings (SSSR count). The molecule has 0 aliphatic rings. The van der Waals surface area contributed by atoms with Gasteiger partial charge in [-0.05, 0) is 48.2 Å². The van der Waals surface area contributed by atoms with Crippen LogP contribution in [0.1, 0.15) is 23.4 Å². The topological polar surface area (TPSA) is 21.3 Å². The van der Waals surface area contributed by atoms with Gasteiger partial charge in [-0.1, -0.05) is 34.5 Å². The average Bonchev–Trinajstić information content (AvgIpc) is 2.85. The number of nitrogens with one attached hydrogen (secondary N) is 1. The van der Waals surface area contributed by atoms with E-state index in [0.717, 1.165) is 33.8 Å². The zero-order chi connectivity index (χ0) is 14.5. The van der Waals surface area contributed by atoms with Crippen molar-refractivity contribution in [2.45, 2.75) is 19.4 Å². The quantitative estimate of drug-likeness (QED) is 0.762. The molecule has 1 heterocycles. The molecule has 1 atom stereocenters. The van der Waals surface area contributed by atoms with Gasteiger partial charge < -0.3 is 10.1 Å². The summed E-state index contributed by atoms with van der Waals surface area (Å²) in [4.78, 5) is 1.18. The minimum Gasteiger partial charge on any atom is -0.496 e. The monoisotopic (exact) mass is 373 g/mol. The predicted molar refractivity (Wildman–Crippen MR) is 90.1 cm³/mol. The molecule has 0 amide bonds. The van der Waals surface area contributed by atoms with Gasteiger partial charge in [-0.15, -0.1) is 11.3 Å². The maximum atomic E-state index is 6.27. The van der Waals surface area contributed by atoms with Crippen molar-refractivity contribution < 1.29 is 4.74 Å². The second-order valence-corrected chi connectivity index (χ2v) is 6.67. The van der Waals surface area contributed by atoms with E-state index in [0.29, 0.717) is 0 Å². The average molecular weight is 375 g/mol. The first-order valence-electron chi connectivity index (χ1n) is 6.44. The molecule has 1 N–H and O–H groups in total. The summed E-state index contributed by atoms with van der Waals surface area (Å²) >= 11 is 11.5. The molecule has 0 radical (unpaired) electrons. The van der Waals surface area contributed by atoms with E-state index in [4.69, 9.17) is 16.3 Å². The number of thiophene rings is 1. The minimum absolute atomic E-state index is 0.204. The standard InChI is InChI=1S/C15H17BrClNOS/c1-3-18-13(15-12(17)6-7-20-15)9-10-8-11(16)4-5-14(10)19-2/h4-8,13,18H,3,9H2,1-2H3. The summed E-state index contributed by atoms with van der Waals surface area (Å²) in [6.45, 7) is 3.00. The molecule has 0 aliphatic carbocycles. The highest BCUT2D eigenvalue weighted by Gasteiger charge is 2.18. The molecule has 2 aromatic rings. The van der Waals surface area contributed by atoms with E-state index in [1.54, 1.807) is 18.4 Å². The molecule has 1 aromatic heterocycles. The highest BCUT2D eigenvalue weighted by molar-refractivity contribution is 9.10. The van der Waals surface area contributed by atoms with Crippen LogP contribution < -0.4 is 10.1 Å². The van der Waals surface area contributed by atoms with Crippen LogP contribution in [0.5, 0.6) is 5.75 Å². The number of likely N-dealkylation sites (N-methyl/N-ethyl adjacent to an activating group) is 1. The first kappa shape index (κ1) is 15.8. The van der Waals surface area contributed by atoms with E-state index < -0.39 is 0 Å². The molecule has 0 fully saturated rings. The minimum atomic E-state index is 0.204. The number of methoxy groups -OCH3 is 1. The Kier molecular flexibility index (Phi) is 5.90. The van der Waals surface area contributed by atoms with Gasteiger partial charge in [0.05, 0.1) is 12.1 Å². The molecule has 2 nitrogen and oxygen atoms in total. The molecule has 1 unspecified atom stereocenters. The third kappa shape index (κ3) is 3.76. The van der Waals surface area contributed by atoms with Gasteiger partial charge in [0.2, 0.25) is 0 Å². The van der Waals surface area contributed by atoms with Crippen molar-refractivity contribution in [3.8, 4) is 5.75 Å². The second-order valence-electron chi connectivity index (χ2n) is 4.40. The van der Waals surface area contributed by atoms with Crippen molar-refractivity contribution in [1.29, 1.82) is 0 Å². The molecule has 0 bridgehead atoms. The smallest absolute Gasteiger partial charge is 0.122 e. The third-order valence-electron chi connectivity index (χ3n) is 3.08. The lowest BCUT2D eigenvalue weighted by molar-refractivity contribution is 0.406. The van der Waals surface area contributed by atoms with E-state index in [-0.39, 0.29) is 6.04 Å². The summed E-state index contributed by atoms with van der Waals surface area (Å²) in [5.41, 5.74) is 1.16. The molecule has 0 aliphatic heterocycles. The molecule has 5 heteroatoms. The fourth-order valence-corrected chi connectivity index (χ4v) is 3.86. The maximum absolute atomic E-state index is 6.27. The fraction of sp³-hybridized carbons (Fsp3) is 0.333. The number of hydrogen-bond acceptors (Lipinski definition) is 3. The zero-order valence-electron chi connectivity index (χ0n) is 11.5. The molecular formula is C15H17BrClNOS. The lowest BCUT2D eigenvalue weighted by Crippen LogP contribution is -2.22. The lowest BCUT2D eigenvalue weighted by Gasteiger charge is -2.19. The van der Waals surface area contributed by atoms with Crippen molar-refractivity contribution in [3.05, 3.63) is 49.6 Å². The Hall–Kier alpha value is -0.550. The van der Waals surface area contributed by atoms with Crippen LogP contribution in [0.15, 0.2) is 34.1 Å². The van der Waals surface area contributed by atoms with Crippen LogP contribution in [-0.2, 0) is 6.42 Å². The van der Waals surface area contributed by atoms with E-state index >= 15 is 0 Å². The number of hydrogen-bond donors (Lipinski definition) is 1. The van der Waals surface area contributed by atoms with Gasteiger partial charge in [0.15, 0.2) is 0 Å². The molecule has 108 valence electrons. The van der Waals surface area contributed by atoms with E-state index in [1.807, 2.05) is 23.6 Å². The summed E-state index contributed by atoms with van der Waals surface area (Å²) in [6, 6.07) is 8.23. The van der Waals surface area contributed by atoms with Gasteiger partial charge >= 0.3 is 0 Å². The Bertz CT molecular complexity index is 573. The summed E-state index contributed by atoms with van der Waals surface area (Å²) in [6.07, 6.45) is 0.844. The van der Waals surface area contributed by atoms with Crippen molar-refractivity contribution >= 4 is 38.9 Å². The normalized spacial score (nSPS) is 12.4. The Balaban J connectivity index is 2.29. The molecule has 0 saturated heterocycles. The number of rotatable bonds is 6. The zero-order valence-corrected chi connectivity index (χ0v) is 14.6. The number of halogens is 2. The van der Waals surface area contributed by atoms with Crippen molar-refractivity contribution in [2.75, 3.05) is 13.7 Å². The highest BCUT2D eigenvalue weighted by Crippen LogP contribution is 2.33. The SMILES string of the molecule is CCNC(Cc1cc(Br)ccc1OC)c1sccc1Cl. The maximum Gasteiger partial charge on any atom is 0.122 e. The summed E-state index contributed by atoms with van der Waals surface area (Å²) in [5.74, 6) is 0.906. The number of ether oxygens (including phenoxy) is 1. The van der Waals surface area contributed by atoms with Gasteiger partial charge in [0.25, 0.3) is 0 Å². The van der Waals surface area contributed by atoms with Crippen molar-refractivity contribution in [2.24, 2.45) is 0 Å². The Morgan fingerprint density at radius 3 is 2.80 bits per heavy atom. The van der Waals surface area contributed by atoms with Crippen LogP contribution in [0.2, 0.25) is 5.02 Å². The van der Waals surface area contributed by atoms with Gasteiger partial charge in [0.1, 0.15) is 5.75 Å². The lowest BCUT2D eigenvalue weighted by atomic mass is 10.0. The molecule has 1 aromatic carbocycles. The van der Waals surface area contributed by atoms with Crippen LogP contribution in [0, 0.1) is 0 Å². The largest absolute Gasteiger partial charge is 0.496 e. The van der Waals surface area contributed by atoms with Crippen LogP contribution in [0.4, 0.5) is 0 Å². The molecule has 0 saturated carbocycles. The van der Waals surface area contributed by atoms with Crippen LogP contribution in [-0.4, -0.2) is 13.7 Å². The highest BCUT2D eigenvalue weighted by atomic mass is 79.9. The second kappa shape index (κ2) is 7.46. The van der Waals surface area contributed by atoms with Crippen LogP contribution in [0.25, 0.3) is 0 Å². The first-order chi connectivity index (χ1) is 9.65. The Morgan fingerprint density at radius 1 is 1.40 bits per heavy atom. The van der Waals surface area contributed by atoms with E-state index in [9.17, 15) is 0 Å². The van der Waals surface area contributed by atoms with Gasteiger partial charge in [-0.3, -0.25) is 0 Å². The van der Waals surface area contributed by atoms with Gasteiger partial charge in [-0.25, -0.2) is 0 Å². The first-order valence-corrected chi connectivity index (χ1v) is 8.49. The van der Waals surface area contributed by atoms with Crippen LogP contribution in [0.3, 0.4) is 0 Å².